The Labute approximate surface area is 164 Å². The summed E-state index contributed by atoms with van der Waals surface area (Å²) in [5, 5.41) is 0.652. The molecule has 0 spiro atoms. The first kappa shape index (κ1) is 17.9. The molecular weight excluding hydrogens is 362 g/mol. The lowest BCUT2D eigenvalue weighted by Crippen LogP contribution is -2.46. The molecule has 27 heavy (non-hydrogen) atoms. The first-order valence-corrected chi connectivity index (χ1v) is 9.41. The molecule has 2 aromatic carbocycles. The lowest BCUT2D eigenvalue weighted by atomic mass is 10.2. The highest BCUT2D eigenvalue weighted by Gasteiger charge is 2.19. The van der Waals surface area contributed by atoms with Crippen molar-refractivity contribution in [3.05, 3.63) is 65.5 Å². The fourth-order valence-electron chi connectivity index (χ4n) is 3.32. The summed E-state index contributed by atoms with van der Waals surface area (Å²) in [7, 11) is 1.69. The molecule has 0 aliphatic carbocycles. The molecule has 1 aromatic heterocycles. The van der Waals surface area contributed by atoms with E-state index in [1.807, 2.05) is 36.4 Å². The monoisotopic (exact) mass is 383 g/mol. The second-order valence-electron chi connectivity index (χ2n) is 6.59. The van der Waals surface area contributed by atoms with Crippen LogP contribution in [0.1, 0.15) is 5.69 Å². The SMILES string of the molecule is COc1ccc(N2CCN(Cc3coc(-c4ccccc4Cl)n3)CC2)cc1. The van der Waals surface area contributed by atoms with Gasteiger partial charge >= 0.3 is 0 Å². The van der Waals surface area contributed by atoms with Gasteiger partial charge in [0.1, 0.15) is 12.0 Å². The van der Waals surface area contributed by atoms with Crippen molar-refractivity contribution in [3.8, 4) is 17.2 Å². The summed E-state index contributed by atoms with van der Waals surface area (Å²) in [6.45, 7) is 4.73. The first-order chi connectivity index (χ1) is 13.2. The third-order valence-electron chi connectivity index (χ3n) is 4.85. The average Bonchev–Trinajstić information content (AvgIpc) is 3.17. The quantitative estimate of drug-likeness (QED) is 0.656. The molecular formula is C21H22ClN3O2. The maximum Gasteiger partial charge on any atom is 0.227 e. The number of halogens is 1. The summed E-state index contributed by atoms with van der Waals surface area (Å²) in [6, 6.07) is 15.8. The van der Waals surface area contributed by atoms with E-state index in [0.717, 1.165) is 49.7 Å². The molecule has 3 aromatic rings. The van der Waals surface area contributed by atoms with Gasteiger partial charge in [0, 0.05) is 38.4 Å². The number of methoxy groups -OCH3 is 1. The third-order valence-corrected chi connectivity index (χ3v) is 5.18. The second kappa shape index (κ2) is 8.03. The van der Waals surface area contributed by atoms with Gasteiger partial charge in [-0.05, 0) is 36.4 Å². The number of oxazole rings is 1. The van der Waals surface area contributed by atoms with E-state index in [1.165, 1.54) is 5.69 Å². The molecule has 140 valence electrons. The zero-order chi connectivity index (χ0) is 18.6. The van der Waals surface area contributed by atoms with Crippen LogP contribution >= 0.6 is 11.6 Å². The summed E-state index contributed by atoms with van der Waals surface area (Å²) in [6.07, 6.45) is 1.73. The van der Waals surface area contributed by atoms with Gasteiger partial charge in [0.25, 0.3) is 0 Å². The van der Waals surface area contributed by atoms with E-state index >= 15 is 0 Å². The molecule has 4 rings (SSSR count). The molecule has 0 atom stereocenters. The van der Waals surface area contributed by atoms with Crippen molar-refractivity contribution in [2.45, 2.75) is 6.54 Å². The first-order valence-electron chi connectivity index (χ1n) is 9.03. The number of hydrogen-bond acceptors (Lipinski definition) is 5. The van der Waals surface area contributed by atoms with Crippen LogP contribution in [0.5, 0.6) is 5.75 Å². The molecule has 0 saturated carbocycles. The number of aromatic nitrogens is 1. The predicted molar refractivity (Wildman–Crippen MR) is 107 cm³/mol. The molecule has 2 heterocycles. The number of anilines is 1. The molecule has 0 N–H and O–H groups in total. The highest BCUT2D eigenvalue weighted by atomic mass is 35.5. The zero-order valence-electron chi connectivity index (χ0n) is 15.3. The molecule has 0 unspecified atom stereocenters. The van der Waals surface area contributed by atoms with E-state index in [0.29, 0.717) is 10.9 Å². The molecule has 0 amide bonds. The molecule has 0 bridgehead atoms. The van der Waals surface area contributed by atoms with Crippen LogP contribution in [0.2, 0.25) is 5.02 Å². The minimum Gasteiger partial charge on any atom is -0.497 e. The van der Waals surface area contributed by atoms with Crippen molar-refractivity contribution >= 4 is 17.3 Å². The predicted octanol–water partition coefficient (Wildman–Crippen LogP) is 4.33. The van der Waals surface area contributed by atoms with Crippen LogP contribution in [0, 0.1) is 0 Å². The summed E-state index contributed by atoms with van der Waals surface area (Å²) < 4.78 is 10.9. The molecule has 6 heteroatoms. The minimum absolute atomic E-state index is 0.576. The standard InChI is InChI=1S/C21H22ClN3O2/c1-26-18-8-6-17(7-9-18)25-12-10-24(11-13-25)14-16-15-27-21(23-16)19-4-2-3-5-20(19)22/h2-9,15H,10-14H2,1H3. The highest BCUT2D eigenvalue weighted by Crippen LogP contribution is 2.27. The summed E-state index contributed by atoms with van der Waals surface area (Å²) in [4.78, 5) is 9.41. The topological polar surface area (TPSA) is 41.7 Å². The van der Waals surface area contributed by atoms with Gasteiger partial charge in [0.15, 0.2) is 0 Å². The summed E-state index contributed by atoms with van der Waals surface area (Å²) in [5.41, 5.74) is 3.00. The fraction of sp³-hybridized carbons (Fsp3) is 0.286. The van der Waals surface area contributed by atoms with Gasteiger partial charge in [-0.3, -0.25) is 4.90 Å². The zero-order valence-corrected chi connectivity index (χ0v) is 16.0. The lowest BCUT2D eigenvalue weighted by molar-refractivity contribution is 0.247. The van der Waals surface area contributed by atoms with Crippen molar-refractivity contribution in [1.82, 2.24) is 9.88 Å². The van der Waals surface area contributed by atoms with Crippen LogP contribution in [0.25, 0.3) is 11.5 Å². The van der Waals surface area contributed by atoms with Crippen LogP contribution in [0.4, 0.5) is 5.69 Å². The smallest absolute Gasteiger partial charge is 0.227 e. The Bertz CT molecular complexity index is 886. The summed E-state index contributed by atoms with van der Waals surface area (Å²) in [5.74, 6) is 1.46. The van der Waals surface area contributed by atoms with Crippen molar-refractivity contribution in [2.24, 2.45) is 0 Å². The molecule has 1 saturated heterocycles. The maximum atomic E-state index is 6.23. The van der Waals surface area contributed by atoms with E-state index in [4.69, 9.17) is 20.8 Å². The van der Waals surface area contributed by atoms with Crippen LogP contribution in [0.15, 0.2) is 59.2 Å². The fourth-order valence-corrected chi connectivity index (χ4v) is 3.54. The van der Waals surface area contributed by atoms with Crippen molar-refractivity contribution in [2.75, 3.05) is 38.2 Å². The van der Waals surface area contributed by atoms with E-state index in [1.54, 1.807) is 13.4 Å². The van der Waals surface area contributed by atoms with Crippen LogP contribution < -0.4 is 9.64 Å². The third kappa shape index (κ3) is 4.10. The Kier molecular flexibility index (Phi) is 5.32. The van der Waals surface area contributed by atoms with Gasteiger partial charge in [0.05, 0.1) is 23.4 Å². The van der Waals surface area contributed by atoms with E-state index in [-0.39, 0.29) is 0 Å². The largest absolute Gasteiger partial charge is 0.497 e. The Hall–Kier alpha value is -2.50. The van der Waals surface area contributed by atoms with E-state index in [9.17, 15) is 0 Å². The van der Waals surface area contributed by atoms with E-state index < -0.39 is 0 Å². The van der Waals surface area contributed by atoms with E-state index in [2.05, 4.69) is 26.9 Å². The number of hydrogen-bond donors (Lipinski definition) is 0. The van der Waals surface area contributed by atoms with Gasteiger partial charge < -0.3 is 14.1 Å². The molecule has 1 aliphatic rings. The lowest BCUT2D eigenvalue weighted by Gasteiger charge is -2.35. The Morgan fingerprint density at radius 2 is 1.78 bits per heavy atom. The minimum atomic E-state index is 0.576. The highest BCUT2D eigenvalue weighted by molar-refractivity contribution is 6.33. The maximum absolute atomic E-state index is 6.23. The Morgan fingerprint density at radius 3 is 2.48 bits per heavy atom. The van der Waals surface area contributed by atoms with Crippen LogP contribution in [0.3, 0.4) is 0 Å². The van der Waals surface area contributed by atoms with Crippen molar-refractivity contribution in [1.29, 1.82) is 0 Å². The number of benzene rings is 2. The molecule has 1 aliphatic heterocycles. The van der Waals surface area contributed by atoms with Gasteiger partial charge in [-0.25, -0.2) is 4.98 Å². The van der Waals surface area contributed by atoms with Gasteiger partial charge in [-0.15, -0.1) is 0 Å². The van der Waals surface area contributed by atoms with Gasteiger partial charge in [0.2, 0.25) is 5.89 Å². The van der Waals surface area contributed by atoms with Crippen LogP contribution in [-0.4, -0.2) is 43.2 Å². The Morgan fingerprint density at radius 1 is 1.04 bits per heavy atom. The number of ether oxygens (including phenoxy) is 1. The normalized spacial score (nSPS) is 15.1. The summed E-state index contributed by atoms with van der Waals surface area (Å²) >= 11 is 6.23. The molecule has 0 radical (unpaired) electrons. The van der Waals surface area contributed by atoms with Crippen molar-refractivity contribution < 1.29 is 9.15 Å². The average molecular weight is 384 g/mol. The second-order valence-corrected chi connectivity index (χ2v) is 6.99. The van der Waals surface area contributed by atoms with Crippen molar-refractivity contribution in [3.63, 3.8) is 0 Å². The number of nitrogens with zero attached hydrogens (tertiary/aromatic N) is 3. The Balaban J connectivity index is 1.35. The number of piperazine rings is 1. The molecule has 5 nitrogen and oxygen atoms in total. The number of rotatable bonds is 5. The molecule has 1 fully saturated rings. The van der Waals surface area contributed by atoms with Gasteiger partial charge in [-0.1, -0.05) is 23.7 Å². The van der Waals surface area contributed by atoms with Gasteiger partial charge in [-0.2, -0.15) is 0 Å². The van der Waals surface area contributed by atoms with Crippen LogP contribution in [-0.2, 0) is 6.54 Å².